The van der Waals surface area contributed by atoms with E-state index in [0.29, 0.717) is 5.39 Å². The van der Waals surface area contributed by atoms with Crippen LogP contribution in [0.2, 0.25) is 0 Å². The van der Waals surface area contributed by atoms with E-state index in [2.05, 4.69) is 81.9 Å². The maximum absolute atomic E-state index is 13.5. The van der Waals surface area contributed by atoms with Gasteiger partial charge in [-0.3, -0.25) is 4.79 Å². The molecule has 3 heteroatoms. The van der Waals surface area contributed by atoms with Crippen LogP contribution in [-0.2, 0) is 0 Å². The second-order valence-corrected chi connectivity index (χ2v) is 8.59. The molecule has 160 valence electrons. The van der Waals surface area contributed by atoms with Crippen molar-refractivity contribution in [1.82, 2.24) is 9.13 Å². The first-order valence-corrected chi connectivity index (χ1v) is 11.4. The van der Waals surface area contributed by atoms with Gasteiger partial charge in [0.05, 0.1) is 22.1 Å². The molecule has 0 fully saturated rings. The van der Waals surface area contributed by atoms with Crippen LogP contribution in [0.15, 0.2) is 126 Å². The van der Waals surface area contributed by atoms with Crippen LogP contribution in [0.3, 0.4) is 0 Å². The second-order valence-electron chi connectivity index (χ2n) is 8.59. The molecule has 2 heterocycles. The van der Waals surface area contributed by atoms with E-state index in [1.807, 2.05) is 48.5 Å². The zero-order chi connectivity index (χ0) is 22.6. The molecule has 0 aliphatic rings. The van der Waals surface area contributed by atoms with Crippen LogP contribution in [0.5, 0.6) is 0 Å². The fraction of sp³-hybridized carbons (Fsp3) is 0. The lowest BCUT2D eigenvalue weighted by atomic mass is 10.1. The van der Waals surface area contributed by atoms with Crippen molar-refractivity contribution in [2.24, 2.45) is 0 Å². The van der Waals surface area contributed by atoms with Crippen molar-refractivity contribution in [3.8, 4) is 11.4 Å². The van der Waals surface area contributed by atoms with E-state index in [9.17, 15) is 4.79 Å². The Hall–Kier alpha value is -4.63. The van der Waals surface area contributed by atoms with Gasteiger partial charge in [-0.25, -0.2) is 0 Å². The SMILES string of the molecule is O=c1c2ccccc2n(-c2ccccc2)c2cc(-n3c4ccccc4c4ccccc43)ccc12. The quantitative estimate of drug-likeness (QED) is 0.262. The van der Waals surface area contributed by atoms with Gasteiger partial charge in [0.1, 0.15) is 0 Å². The van der Waals surface area contributed by atoms with Gasteiger partial charge in [0.25, 0.3) is 0 Å². The molecule has 0 aliphatic heterocycles. The van der Waals surface area contributed by atoms with Crippen molar-refractivity contribution in [1.29, 1.82) is 0 Å². The highest BCUT2D eigenvalue weighted by molar-refractivity contribution is 6.09. The summed E-state index contributed by atoms with van der Waals surface area (Å²) in [5.74, 6) is 0. The average molecular weight is 437 g/mol. The van der Waals surface area contributed by atoms with Crippen molar-refractivity contribution in [2.75, 3.05) is 0 Å². The maximum Gasteiger partial charge on any atom is 0.197 e. The van der Waals surface area contributed by atoms with E-state index < -0.39 is 0 Å². The zero-order valence-electron chi connectivity index (χ0n) is 18.3. The molecule has 0 bridgehead atoms. The number of pyridine rings is 1. The molecule has 2 aromatic heterocycles. The lowest BCUT2D eigenvalue weighted by molar-refractivity contribution is 1.14. The lowest BCUT2D eigenvalue weighted by Gasteiger charge is -2.17. The Morgan fingerprint density at radius 1 is 0.382 bits per heavy atom. The molecular formula is C31H20N2O. The molecule has 7 rings (SSSR count). The molecule has 0 radical (unpaired) electrons. The summed E-state index contributed by atoms with van der Waals surface area (Å²) in [5.41, 5.74) is 6.23. The number of fused-ring (bicyclic) bond motifs is 5. The monoisotopic (exact) mass is 436 g/mol. The minimum Gasteiger partial charge on any atom is -0.309 e. The van der Waals surface area contributed by atoms with Gasteiger partial charge in [-0.2, -0.15) is 0 Å². The summed E-state index contributed by atoms with van der Waals surface area (Å²) >= 11 is 0. The van der Waals surface area contributed by atoms with Gasteiger partial charge >= 0.3 is 0 Å². The Balaban J connectivity index is 1.65. The number of para-hydroxylation sites is 4. The summed E-state index contributed by atoms with van der Waals surface area (Å²) < 4.78 is 4.49. The number of hydrogen-bond donors (Lipinski definition) is 0. The fourth-order valence-electron chi connectivity index (χ4n) is 5.23. The van der Waals surface area contributed by atoms with Crippen LogP contribution in [0.4, 0.5) is 0 Å². The van der Waals surface area contributed by atoms with Crippen LogP contribution in [0.1, 0.15) is 0 Å². The number of rotatable bonds is 2. The molecule has 0 saturated heterocycles. The molecule has 34 heavy (non-hydrogen) atoms. The topological polar surface area (TPSA) is 26.9 Å². The lowest BCUT2D eigenvalue weighted by Crippen LogP contribution is -2.11. The molecule has 0 unspecified atom stereocenters. The minimum absolute atomic E-state index is 0.0616. The first-order valence-electron chi connectivity index (χ1n) is 11.4. The van der Waals surface area contributed by atoms with E-state index in [1.54, 1.807) is 0 Å². The summed E-state index contributed by atoms with van der Waals surface area (Å²) in [4.78, 5) is 13.5. The van der Waals surface area contributed by atoms with Crippen LogP contribution in [-0.4, -0.2) is 9.13 Å². The first-order chi connectivity index (χ1) is 16.8. The summed E-state index contributed by atoms with van der Waals surface area (Å²) in [5, 5.41) is 3.88. The standard InChI is InChI=1S/C31H20N2O/c34-31-25-14-6-9-17-29(25)32(21-10-2-1-3-11-21)30-20-22(18-19-26(30)31)33-27-15-7-4-12-23(27)24-13-5-8-16-28(24)33/h1-20H. The van der Waals surface area contributed by atoms with E-state index >= 15 is 0 Å². The van der Waals surface area contributed by atoms with Crippen molar-refractivity contribution in [2.45, 2.75) is 0 Å². The molecule has 0 aliphatic carbocycles. The van der Waals surface area contributed by atoms with E-state index in [0.717, 1.165) is 38.8 Å². The second kappa shape index (κ2) is 7.19. The van der Waals surface area contributed by atoms with E-state index in [-0.39, 0.29) is 5.43 Å². The number of aromatic nitrogens is 2. The summed E-state index contributed by atoms with van der Waals surface area (Å²) in [6, 6.07) is 41.3. The van der Waals surface area contributed by atoms with Gasteiger partial charge in [0.15, 0.2) is 5.43 Å². The number of benzene rings is 5. The molecule has 0 spiro atoms. The Morgan fingerprint density at radius 2 is 0.853 bits per heavy atom. The smallest absolute Gasteiger partial charge is 0.197 e. The molecule has 5 aromatic carbocycles. The highest BCUT2D eigenvalue weighted by Crippen LogP contribution is 2.33. The van der Waals surface area contributed by atoms with Crippen molar-refractivity contribution < 1.29 is 0 Å². The largest absolute Gasteiger partial charge is 0.309 e. The van der Waals surface area contributed by atoms with E-state index in [1.165, 1.54) is 10.8 Å². The van der Waals surface area contributed by atoms with Crippen LogP contribution < -0.4 is 5.43 Å². The van der Waals surface area contributed by atoms with Crippen molar-refractivity contribution in [3.63, 3.8) is 0 Å². The van der Waals surface area contributed by atoms with Gasteiger partial charge in [-0.1, -0.05) is 66.7 Å². The average Bonchev–Trinajstić information content (AvgIpc) is 3.24. The van der Waals surface area contributed by atoms with Gasteiger partial charge in [0.2, 0.25) is 0 Å². The van der Waals surface area contributed by atoms with Crippen molar-refractivity contribution >= 4 is 43.6 Å². The minimum atomic E-state index is 0.0616. The molecule has 7 aromatic rings. The van der Waals surface area contributed by atoms with E-state index in [4.69, 9.17) is 0 Å². The Bertz CT molecular complexity index is 1870. The third kappa shape index (κ3) is 2.61. The molecule has 0 saturated carbocycles. The Kier molecular flexibility index (Phi) is 4.00. The predicted molar refractivity (Wildman–Crippen MR) is 141 cm³/mol. The highest BCUT2D eigenvalue weighted by Gasteiger charge is 2.15. The summed E-state index contributed by atoms with van der Waals surface area (Å²) in [6.45, 7) is 0. The molecule has 3 nitrogen and oxygen atoms in total. The highest BCUT2D eigenvalue weighted by atomic mass is 16.1. The third-order valence-corrected chi connectivity index (χ3v) is 6.71. The fourth-order valence-corrected chi connectivity index (χ4v) is 5.23. The number of hydrogen-bond acceptors (Lipinski definition) is 1. The zero-order valence-corrected chi connectivity index (χ0v) is 18.3. The maximum atomic E-state index is 13.5. The number of nitrogens with zero attached hydrogens (tertiary/aromatic N) is 2. The molecule has 0 amide bonds. The summed E-state index contributed by atoms with van der Waals surface area (Å²) in [7, 11) is 0. The first kappa shape index (κ1) is 18.9. The Morgan fingerprint density at radius 3 is 1.50 bits per heavy atom. The van der Waals surface area contributed by atoms with Gasteiger partial charge in [-0.15, -0.1) is 0 Å². The molecule has 0 atom stereocenters. The van der Waals surface area contributed by atoms with Crippen LogP contribution in [0.25, 0.3) is 55.0 Å². The van der Waals surface area contributed by atoms with Gasteiger partial charge in [-0.05, 0) is 54.6 Å². The summed E-state index contributed by atoms with van der Waals surface area (Å²) in [6.07, 6.45) is 0. The Labute approximate surface area is 195 Å². The van der Waals surface area contributed by atoms with Crippen LogP contribution >= 0.6 is 0 Å². The molecule has 0 N–H and O–H groups in total. The van der Waals surface area contributed by atoms with Crippen molar-refractivity contribution in [3.05, 3.63) is 132 Å². The van der Waals surface area contributed by atoms with Gasteiger partial charge < -0.3 is 9.13 Å². The van der Waals surface area contributed by atoms with Gasteiger partial charge in [0, 0.05) is 32.9 Å². The molecular weight excluding hydrogens is 416 g/mol. The third-order valence-electron chi connectivity index (χ3n) is 6.71. The predicted octanol–water partition coefficient (Wildman–Crippen LogP) is 7.24. The normalized spacial score (nSPS) is 11.6. The van der Waals surface area contributed by atoms with Crippen LogP contribution in [0, 0.1) is 0 Å².